The maximum Gasteiger partial charge on any atom is 0.417 e. The van der Waals surface area contributed by atoms with Gasteiger partial charge in [0.1, 0.15) is 5.82 Å². The van der Waals surface area contributed by atoms with Crippen LogP contribution in [0.2, 0.25) is 0 Å². The van der Waals surface area contributed by atoms with E-state index >= 15 is 0 Å². The first kappa shape index (κ1) is 16.2. The van der Waals surface area contributed by atoms with Gasteiger partial charge in [0.2, 0.25) is 10.0 Å². The van der Waals surface area contributed by atoms with Crippen molar-refractivity contribution in [1.82, 2.24) is 4.31 Å². The quantitative estimate of drug-likeness (QED) is 0.864. The molecule has 1 saturated heterocycles. The van der Waals surface area contributed by atoms with Crippen LogP contribution in [0, 0.1) is 5.82 Å². The fourth-order valence-electron chi connectivity index (χ4n) is 2.44. The molecule has 0 aromatic heterocycles. The lowest BCUT2D eigenvalue weighted by atomic mass is 10.2. The Morgan fingerprint density at radius 2 is 2.00 bits per heavy atom. The minimum Gasteiger partial charge on any atom is -0.329 e. The van der Waals surface area contributed by atoms with Gasteiger partial charge in [-0.3, -0.25) is 0 Å². The highest BCUT2D eigenvalue weighted by molar-refractivity contribution is 7.89. The zero-order chi connectivity index (χ0) is 15.8. The summed E-state index contributed by atoms with van der Waals surface area (Å²) in [5.74, 6) is -1.14. The second kappa shape index (κ2) is 5.54. The summed E-state index contributed by atoms with van der Waals surface area (Å²) in [6.45, 7) is 0.140. The van der Waals surface area contributed by atoms with Gasteiger partial charge >= 0.3 is 6.18 Å². The Labute approximate surface area is 119 Å². The highest BCUT2D eigenvalue weighted by Gasteiger charge is 2.42. The predicted octanol–water partition coefficient (Wildman–Crippen LogP) is 1.96. The fourth-order valence-corrected chi connectivity index (χ4v) is 4.33. The summed E-state index contributed by atoms with van der Waals surface area (Å²) in [6, 6.07) is 1.02. The Balaban J connectivity index is 2.55. The minimum absolute atomic E-state index is 0.0295. The van der Waals surface area contributed by atoms with Crippen LogP contribution >= 0.6 is 0 Å². The smallest absolute Gasteiger partial charge is 0.329 e. The molecule has 1 fully saturated rings. The Morgan fingerprint density at radius 3 is 2.57 bits per heavy atom. The summed E-state index contributed by atoms with van der Waals surface area (Å²) < 4.78 is 77.7. The molecule has 0 spiro atoms. The van der Waals surface area contributed by atoms with Crippen molar-refractivity contribution < 1.29 is 26.0 Å². The molecule has 21 heavy (non-hydrogen) atoms. The summed E-state index contributed by atoms with van der Waals surface area (Å²) in [6.07, 6.45) is -3.93. The Hall–Kier alpha value is -1.19. The number of nitrogens with zero attached hydrogens (tertiary/aromatic N) is 1. The van der Waals surface area contributed by atoms with Crippen LogP contribution in [0.5, 0.6) is 0 Å². The lowest BCUT2D eigenvalue weighted by Gasteiger charge is -2.24. The van der Waals surface area contributed by atoms with E-state index < -0.39 is 38.5 Å². The van der Waals surface area contributed by atoms with E-state index in [0.717, 1.165) is 4.31 Å². The highest BCUT2D eigenvalue weighted by atomic mass is 32.2. The van der Waals surface area contributed by atoms with Gasteiger partial charge in [-0.25, -0.2) is 12.8 Å². The van der Waals surface area contributed by atoms with Gasteiger partial charge in [0, 0.05) is 19.1 Å². The van der Waals surface area contributed by atoms with Crippen LogP contribution in [0.4, 0.5) is 17.6 Å². The van der Waals surface area contributed by atoms with Crippen LogP contribution in [0.25, 0.3) is 0 Å². The van der Waals surface area contributed by atoms with Crippen molar-refractivity contribution in [3.05, 3.63) is 29.6 Å². The van der Waals surface area contributed by atoms with Crippen molar-refractivity contribution in [2.45, 2.75) is 30.0 Å². The zero-order valence-electron chi connectivity index (χ0n) is 10.9. The third-order valence-electron chi connectivity index (χ3n) is 3.43. The van der Waals surface area contributed by atoms with E-state index in [0.29, 0.717) is 25.0 Å². The van der Waals surface area contributed by atoms with Gasteiger partial charge in [0.05, 0.1) is 10.5 Å². The van der Waals surface area contributed by atoms with Gasteiger partial charge < -0.3 is 5.73 Å². The van der Waals surface area contributed by atoms with Crippen molar-refractivity contribution in [2.24, 2.45) is 5.73 Å². The van der Waals surface area contributed by atoms with Crippen molar-refractivity contribution in [2.75, 3.05) is 13.1 Å². The number of benzene rings is 1. The maximum absolute atomic E-state index is 13.1. The highest BCUT2D eigenvalue weighted by Crippen LogP contribution is 2.37. The predicted molar refractivity (Wildman–Crippen MR) is 67.4 cm³/mol. The van der Waals surface area contributed by atoms with E-state index in [1.54, 1.807) is 0 Å². The Kier molecular flexibility index (Phi) is 4.27. The summed E-state index contributed by atoms with van der Waals surface area (Å²) in [5.41, 5.74) is 3.96. The van der Waals surface area contributed by atoms with Crippen molar-refractivity contribution in [3.63, 3.8) is 0 Å². The number of hydrogen-bond donors (Lipinski definition) is 1. The van der Waals surface area contributed by atoms with Crippen molar-refractivity contribution in [1.29, 1.82) is 0 Å². The average Bonchev–Trinajstić information content (AvgIpc) is 2.86. The fraction of sp³-hybridized carbons (Fsp3) is 0.500. The summed E-state index contributed by atoms with van der Waals surface area (Å²) in [4.78, 5) is -0.934. The molecular weight excluding hydrogens is 312 g/mol. The molecule has 0 amide bonds. The molecule has 1 unspecified atom stereocenters. The average molecular weight is 326 g/mol. The number of halogens is 4. The zero-order valence-corrected chi connectivity index (χ0v) is 11.7. The van der Waals surface area contributed by atoms with Gasteiger partial charge in [-0.05, 0) is 31.0 Å². The third kappa shape index (κ3) is 3.04. The number of sulfonamides is 1. The summed E-state index contributed by atoms with van der Waals surface area (Å²) >= 11 is 0. The van der Waals surface area contributed by atoms with Gasteiger partial charge in [0.25, 0.3) is 0 Å². The van der Waals surface area contributed by atoms with Gasteiger partial charge in [-0.15, -0.1) is 0 Å². The first-order valence-corrected chi connectivity index (χ1v) is 7.70. The van der Waals surface area contributed by atoms with Gasteiger partial charge in [0.15, 0.2) is 0 Å². The number of nitrogens with two attached hydrogens (primary N) is 1. The molecule has 0 aliphatic carbocycles. The first-order chi connectivity index (χ1) is 9.67. The Morgan fingerprint density at radius 1 is 1.33 bits per heavy atom. The molecule has 1 aliphatic rings. The molecule has 2 rings (SSSR count). The standard InChI is InChI=1S/C12H14F4N2O2S/c13-8-3-4-11(10(6-8)12(14,15)16)21(19,20)18-5-1-2-9(18)7-17/h3-4,6,9H,1-2,5,7,17H2. The van der Waals surface area contributed by atoms with E-state index in [4.69, 9.17) is 5.73 Å². The van der Waals surface area contributed by atoms with Crippen LogP contribution in [0.3, 0.4) is 0 Å². The molecule has 0 saturated carbocycles. The molecule has 1 heterocycles. The van der Waals surface area contributed by atoms with E-state index in [9.17, 15) is 26.0 Å². The second-order valence-corrected chi connectivity index (χ2v) is 6.64. The molecule has 1 aromatic carbocycles. The van der Waals surface area contributed by atoms with Gasteiger partial charge in [-0.1, -0.05) is 0 Å². The van der Waals surface area contributed by atoms with Crippen LogP contribution in [0.15, 0.2) is 23.1 Å². The SMILES string of the molecule is NCC1CCCN1S(=O)(=O)c1ccc(F)cc1C(F)(F)F. The van der Waals surface area contributed by atoms with Crippen LogP contribution in [-0.2, 0) is 16.2 Å². The Bertz CT molecular complexity index is 631. The molecule has 1 atom stereocenters. The van der Waals surface area contributed by atoms with Crippen LogP contribution in [0.1, 0.15) is 18.4 Å². The topological polar surface area (TPSA) is 63.4 Å². The second-order valence-electron chi connectivity index (χ2n) is 4.79. The first-order valence-electron chi connectivity index (χ1n) is 6.26. The third-order valence-corrected chi connectivity index (χ3v) is 5.44. The number of hydrogen-bond acceptors (Lipinski definition) is 3. The van der Waals surface area contributed by atoms with Crippen molar-refractivity contribution in [3.8, 4) is 0 Å². The maximum atomic E-state index is 13.1. The van der Waals surface area contributed by atoms with Gasteiger partial charge in [-0.2, -0.15) is 17.5 Å². The number of alkyl halides is 3. The minimum atomic E-state index is -4.96. The molecule has 2 N–H and O–H groups in total. The molecule has 9 heteroatoms. The molecule has 118 valence electrons. The van der Waals surface area contributed by atoms with E-state index in [1.165, 1.54) is 0 Å². The molecule has 0 radical (unpaired) electrons. The molecule has 0 bridgehead atoms. The molecule has 1 aliphatic heterocycles. The normalized spacial score (nSPS) is 20.9. The van der Waals surface area contributed by atoms with Crippen LogP contribution in [-0.4, -0.2) is 31.9 Å². The summed E-state index contributed by atoms with van der Waals surface area (Å²) in [7, 11) is -4.36. The molecule has 4 nitrogen and oxygen atoms in total. The lowest BCUT2D eigenvalue weighted by molar-refractivity contribution is -0.140. The van der Waals surface area contributed by atoms with Crippen molar-refractivity contribution >= 4 is 10.0 Å². The lowest BCUT2D eigenvalue weighted by Crippen LogP contribution is -2.40. The van der Waals surface area contributed by atoms with Crippen LogP contribution < -0.4 is 5.73 Å². The number of rotatable bonds is 3. The summed E-state index contributed by atoms with van der Waals surface area (Å²) in [5, 5.41) is 0. The largest absolute Gasteiger partial charge is 0.417 e. The monoisotopic (exact) mass is 326 g/mol. The van der Waals surface area contributed by atoms with E-state index in [2.05, 4.69) is 0 Å². The van der Waals surface area contributed by atoms with E-state index in [1.807, 2.05) is 0 Å². The molecule has 1 aromatic rings. The molecular formula is C12H14F4N2O2S. The van der Waals surface area contributed by atoms with E-state index in [-0.39, 0.29) is 19.2 Å².